The molecule has 8 heteroatoms. The number of fused-ring (bicyclic) bond motifs is 1. The molecule has 0 spiro atoms. The van der Waals surface area contributed by atoms with Crippen LogP contribution in [0.15, 0.2) is 66.9 Å². The maximum atomic E-state index is 5.76. The predicted octanol–water partition coefficient (Wildman–Crippen LogP) is 8.41. The predicted molar refractivity (Wildman–Crippen MR) is 185 cm³/mol. The molecule has 0 aliphatic heterocycles. The Balaban J connectivity index is 1.74. The van der Waals surface area contributed by atoms with Crippen molar-refractivity contribution in [1.82, 2.24) is 20.0 Å². The van der Waals surface area contributed by atoms with Crippen LogP contribution in [-0.2, 0) is 28.9 Å². The molecule has 7 nitrogen and oxygen atoms in total. The summed E-state index contributed by atoms with van der Waals surface area (Å²) in [7, 11) is 1.74. The lowest BCUT2D eigenvalue weighted by Crippen LogP contribution is -2.22. The number of aromatic nitrogens is 3. The Morgan fingerprint density at radius 1 is 1.23 bits per heavy atom. The molecule has 0 saturated carbocycles. The van der Waals surface area contributed by atoms with E-state index in [1.165, 1.54) is 34.0 Å². The number of nitrogens with two attached hydrogens (primary N) is 1. The van der Waals surface area contributed by atoms with Crippen LogP contribution >= 0.6 is 11.3 Å². The van der Waals surface area contributed by atoms with Gasteiger partial charge >= 0.3 is 0 Å². The molecule has 0 saturated heterocycles. The Kier molecular flexibility index (Phi) is 11.9. The van der Waals surface area contributed by atoms with Crippen molar-refractivity contribution < 1.29 is 9.47 Å². The zero-order valence-electron chi connectivity index (χ0n) is 27.1. The van der Waals surface area contributed by atoms with Crippen molar-refractivity contribution in [2.24, 2.45) is 11.3 Å². The molecule has 1 aromatic carbocycles. The van der Waals surface area contributed by atoms with E-state index in [2.05, 4.69) is 80.5 Å². The maximum absolute atomic E-state index is 5.76. The second kappa shape index (κ2) is 15.6. The summed E-state index contributed by atoms with van der Waals surface area (Å²) in [5.74, 6) is 5.38. The zero-order chi connectivity index (χ0) is 31.7. The number of aryl methyl sites for hydroxylation is 2. The summed E-state index contributed by atoms with van der Waals surface area (Å²) in [6, 6.07) is 11.0. The molecule has 0 bridgehead atoms. The van der Waals surface area contributed by atoms with Crippen LogP contribution in [0.25, 0.3) is 33.4 Å². The number of nitrogens with zero attached hydrogens (tertiary/aromatic N) is 3. The maximum Gasteiger partial charge on any atom is 0.0969 e. The van der Waals surface area contributed by atoms with Crippen molar-refractivity contribution >= 4 is 22.2 Å². The molecule has 0 amide bonds. The number of rotatable bonds is 18. The molecule has 3 heterocycles. The second-order valence-electron chi connectivity index (χ2n) is 12.2. The highest BCUT2D eigenvalue weighted by atomic mass is 32.1. The number of ether oxygens (including phenoxy) is 2. The summed E-state index contributed by atoms with van der Waals surface area (Å²) in [5, 5.41) is 4.57. The van der Waals surface area contributed by atoms with Gasteiger partial charge in [0.1, 0.15) is 0 Å². The van der Waals surface area contributed by atoms with E-state index in [4.69, 9.17) is 25.3 Å². The summed E-state index contributed by atoms with van der Waals surface area (Å²) in [4.78, 5) is 9.84. The quantitative estimate of drug-likeness (QED) is 0.0384. The van der Waals surface area contributed by atoms with Crippen LogP contribution < -0.4 is 11.3 Å². The standard InChI is InChI=1S/C36H49N5O2S/c1-8-41-32-17-16-27(31-23-44-33(40-31)18-15-25(3)13-10-11-20-39-37)21-29(32)30(22-36(5,6)24-43-9-2)35(41)28-14-12-19-38-34(28)26(4)42-7/h9,12,14,16-17,19,21,23,26,39H,2-3,8,10-11,13,15,18,20,22,24,37H2,1,4-7H3. The van der Waals surface area contributed by atoms with Gasteiger partial charge in [0.25, 0.3) is 0 Å². The fraction of sp³-hybridized carbons (Fsp3) is 0.444. The molecule has 1 atom stereocenters. The number of nitrogens with one attached hydrogen (secondary N) is 1. The van der Waals surface area contributed by atoms with E-state index in [0.29, 0.717) is 6.61 Å². The lowest BCUT2D eigenvalue weighted by atomic mass is 9.84. The number of hydrogen-bond acceptors (Lipinski definition) is 7. The van der Waals surface area contributed by atoms with E-state index in [-0.39, 0.29) is 11.5 Å². The minimum Gasteiger partial charge on any atom is -0.501 e. The second-order valence-corrected chi connectivity index (χ2v) is 13.2. The first-order valence-electron chi connectivity index (χ1n) is 15.6. The van der Waals surface area contributed by atoms with Gasteiger partial charge in [0.15, 0.2) is 0 Å². The summed E-state index contributed by atoms with van der Waals surface area (Å²) in [5.41, 5.74) is 11.8. The monoisotopic (exact) mass is 615 g/mol. The Hall–Kier alpha value is -3.30. The first-order chi connectivity index (χ1) is 21.2. The van der Waals surface area contributed by atoms with Crippen LogP contribution in [0.5, 0.6) is 0 Å². The minimum absolute atomic E-state index is 0.127. The SMILES string of the molecule is C=COCC(C)(C)Cc1c(-c2cccnc2C(C)OC)n(CC)c2ccc(-c3csc(CCC(=C)CCCCNN)n3)cc12. The molecule has 4 aromatic rings. The topological polar surface area (TPSA) is 87.2 Å². The number of hydrogen-bond donors (Lipinski definition) is 2. The van der Waals surface area contributed by atoms with Crippen molar-refractivity contribution in [3.63, 3.8) is 0 Å². The zero-order valence-corrected chi connectivity index (χ0v) is 27.9. The van der Waals surface area contributed by atoms with Gasteiger partial charge in [-0.05, 0) is 75.8 Å². The van der Waals surface area contributed by atoms with Gasteiger partial charge in [0.2, 0.25) is 0 Å². The number of thiazole rings is 1. The third-order valence-electron chi connectivity index (χ3n) is 8.21. The van der Waals surface area contributed by atoms with Crippen LogP contribution in [-0.4, -0.2) is 34.8 Å². The summed E-state index contributed by atoms with van der Waals surface area (Å²) < 4.78 is 13.9. The number of allylic oxidation sites excluding steroid dienone is 1. The number of hydrazine groups is 1. The molecule has 0 aliphatic rings. The first-order valence-corrected chi connectivity index (χ1v) is 16.5. The van der Waals surface area contributed by atoms with E-state index in [1.54, 1.807) is 18.4 Å². The van der Waals surface area contributed by atoms with Gasteiger partial charge < -0.3 is 14.0 Å². The van der Waals surface area contributed by atoms with Gasteiger partial charge in [-0.25, -0.2) is 4.98 Å². The van der Waals surface area contributed by atoms with E-state index >= 15 is 0 Å². The summed E-state index contributed by atoms with van der Waals surface area (Å²) in [6.45, 7) is 19.1. The average Bonchev–Trinajstić information content (AvgIpc) is 3.62. The van der Waals surface area contributed by atoms with Crippen molar-refractivity contribution in [3.05, 3.63) is 83.2 Å². The molecule has 0 fully saturated rings. The molecule has 0 aliphatic carbocycles. The van der Waals surface area contributed by atoms with Crippen molar-refractivity contribution in [1.29, 1.82) is 0 Å². The van der Waals surface area contributed by atoms with Gasteiger partial charge in [-0.15, -0.1) is 11.3 Å². The van der Waals surface area contributed by atoms with E-state index in [9.17, 15) is 0 Å². The normalized spacial score (nSPS) is 12.5. The largest absolute Gasteiger partial charge is 0.501 e. The smallest absolute Gasteiger partial charge is 0.0969 e. The van der Waals surface area contributed by atoms with Gasteiger partial charge in [-0.3, -0.25) is 16.3 Å². The molecule has 3 aromatic heterocycles. The molecule has 0 radical (unpaired) electrons. The van der Waals surface area contributed by atoms with Gasteiger partial charge in [0, 0.05) is 65.6 Å². The van der Waals surface area contributed by atoms with Gasteiger partial charge in [-0.1, -0.05) is 38.6 Å². The number of benzene rings is 1. The molecular weight excluding hydrogens is 566 g/mol. The first kappa shape index (κ1) is 33.6. The van der Waals surface area contributed by atoms with E-state index in [0.717, 1.165) is 79.1 Å². The third-order valence-corrected chi connectivity index (χ3v) is 9.11. The molecule has 4 rings (SSSR count). The molecule has 236 valence electrons. The number of methoxy groups -OCH3 is 1. The average molecular weight is 616 g/mol. The van der Waals surface area contributed by atoms with Gasteiger partial charge in [0.05, 0.1) is 41.1 Å². The van der Waals surface area contributed by atoms with Crippen LogP contribution in [0.4, 0.5) is 0 Å². The van der Waals surface area contributed by atoms with Crippen molar-refractivity contribution in [2.45, 2.75) is 78.9 Å². The fourth-order valence-corrected chi connectivity index (χ4v) is 6.64. The van der Waals surface area contributed by atoms with Crippen LogP contribution in [0.2, 0.25) is 0 Å². The third kappa shape index (κ3) is 8.04. The number of unbranched alkanes of at least 4 members (excludes halogenated alkanes) is 1. The fourth-order valence-electron chi connectivity index (χ4n) is 5.84. The Labute approximate surface area is 267 Å². The molecular formula is C36H49N5O2S. The minimum atomic E-state index is -0.137. The molecule has 3 N–H and O–H groups in total. The molecule has 1 unspecified atom stereocenters. The van der Waals surface area contributed by atoms with Crippen molar-refractivity contribution in [2.75, 3.05) is 20.3 Å². The van der Waals surface area contributed by atoms with Crippen LogP contribution in [0.3, 0.4) is 0 Å². The van der Waals surface area contributed by atoms with Crippen LogP contribution in [0.1, 0.15) is 75.7 Å². The Bertz CT molecular complexity index is 1550. The molecule has 44 heavy (non-hydrogen) atoms. The Morgan fingerprint density at radius 3 is 2.77 bits per heavy atom. The van der Waals surface area contributed by atoms with Crippen molar-refractivity contribution in [3.8, 4) is 22.5 Å². The Morgan fingerprint density at radius 2 is 2.05 bits per heavy atom. The lowest BCUT2D eigenvalue weighted by Gasteiger charge is -2.25. The number of pyridine rings is 1. The van der Waals surface area contributed by atoms with Gasteiger partial charge in [-0.2, -0.15) is 0 Å². The highest BCUT2D eigenvalue weighted by molar-refractivity contribution is 7.09. The highest BCUT2D eigenvalue weighted by Gasteiger charge is 2.28. The lowest BCUT2D eigenvalue weighted by molar-refractivity contribution is 0.116. The summed E-state index contributed by atoms with van der Waals surface area (Å²) >= 11 is 1.73. The summed E-state index contributed by atoms with van der Waals surface area (Å²) in [6.07, 6.45) is 9.15. The highest BCUT2D eigenvalue weighted by Crippen LogP contribution is 2.41. The van der Waals surface area contributed by atoms with E-state index in [1.807, 2.05) is 12.3 Å². The van der Waals surface area contributed by atoms with E-state index < -0.39 is 0 Å². The van der Waals surface area contributed by atoms with Crippen LogP contribution in [0, 0.1) is 5.41 Å².